The molecule has 0 aromatic carbocycles. The van der Waals surface area contributed by atoms with Gasteiger partial charge in [-0.05, 0) is 24.3 Å². The predicted octanol–water partition coefficient (Wildman–Crippen LogP) is 2.71. The van der Waals surface area contributed by atoms with Crippen LogP contribution >= 0.6 is 11.3 Å². The van der Waals surface area contributed by atoms with E-state index < -0.39 is 11.6 Å². The highest BCUT2D eigenvalue weighted by Crippen LogP contribution is 2.44. The van der Waals surface area contributed by atoms with E-state index in [-0.39, 0.29) is 23.8 Å². The number of anilines is 1. The van der Waals surface area contributed by atoms with Gasteiger partial charge < -0.3 is 19.6 Å². The Bertz CT molecular complexity index is 972. The number of amides is 1. The third-order valence-electron chi connectivity index (χ3n) is 7.76. The average molecular weight is 472 g/mol. The van der Waals surface area contributed by atoms with Crippen molar-refractivity contribution in [3.63, 3.8) is 0 Å². The zero-order chi connectivity index (χ0) is 22.9. The second-order valence-corrected chi connectivity index (χ2v) is 10.7. The van der Waals surface area contributed by atoms with Crippen LogP contribution in [0.3, 0.4) is 0 Å². The molecule has 1 amide bonds. The summed E-state index contributed by atoms with van der Waals surface area (Å²) >= 11 is 1.41. The van der Waals surface area contributed by atoms with Crippen molar-refractivity contribution in [2.45, 2.75) is 50.2 Å². The largest absolute Gasteiger partial charge is 0.454 e. The van der Waals surface area contributed by atoms with Gasteiger partial charge in [0.05, 0.1) is 19.3 Å². The lowest BCUT2D eigenvalue weighted by atomic mass is 9.82. The number of hydrogen-bond acceptors (Lipinski definition) is 7. The van der Waals surface area contributed by atoms with E-state index in [4.69, 9.17) is 4.74 Å². The van der Waals surface area contributed by atoms with Gasteiger partial charge in [0.15, 0.2) is 24.1 Å². The van der Waals surface area contributed by atoms with Crippen molar-refractivity contribution in [3.05, 3.63) is 41.0 Å². The van der Waals surface area contributed by atoms with E-state index in [0.29, 0.717) is 28.3 Å². The summed E-state index contributed by atoms with van der Waals surface area (Å²) in [5.41, 5.74) is -1.58. The van der Waals surface area contributed by atoms with E-state index in [1.165, 1.54) is 17.5 Å². The number of quaternary nitrogens is 1. The van der Waals surface area contributed by atoms with Crippen LogP contribution in [0.15, 0.2) is 36.1 Å². The summed E-state index contributed by atoms with van der Waals surface area (Å²) in [5.74, 6) is -0.00770. The fourth-order valence-electron chi connectivity index (χ4n) is 5.96. The summed E-state index contributed by atoms with van der Waals surface area (Å²) in [7, 11) is 0. The van der Waals surface area contributed by atoms with Crippen LogP contribution in [0, 0.1) is 11.8 Å². The minimum absolute atomic E-state index is 0.106. The molecule has 1 saturated carbocycles. The molecule has 2 aromatic rings. The van der Waals surface area contributed by atoms with Crippen molar-refractivity contribution in [2.24, 2.45) is 11.8 Å². The zero-order valence-corrected chi connectivity index (χ0v) is 19.5. The van der Waals surface area contributed by atoms with Gasteiger partial charge >= 0.3 is 5.97 Å². The third kappa shape index (κ3) is 4.41. The summed E-state index contributed by atoms with van der Waals surface area (Å²) in [6, 6.07) is 3.71. The molecule has 0 radical (unpaired) electrons. The molecular formula is C24H31N4O4S+. The van der Waals surface area contributed by atoms with Gasteiger partial charge in [0.25, 0.3) is 5.91 Å². The van der Waals surface area contributed by atoms with Gasteiger partial charge in [-0.15, -0.1) is 11.3 Å². The highest BCUT2D eigenvalue weighted by Gasteiger charge is 2.53. The van der Waals surface area contributed by atoms with Crippen molar-refractivity contribution in [1.82, 2.24) is 9.97 Å². The first-order valence-corrected chi connectivity index (χ1v) is 12.7. The van der Waals surface area contributed by atoms with Crippen LogP contribution in [0.1, 0.15) is 43.4 Å². The number of nitrogens with zero attached hydrogens (tertiary/aromatic N) is 3. The number of hydrogen-bond donors (Lipinski definition) is 2. The van der Waals surface area contributed by atoms with E-state index in [1.807, 2.05) is 17.5 Å². The number of carbonyl (C=O) groups is 2. The maximum absolute atomic E-state index is 13.5. The number of esters is 1. The fraction of sp³-hybridized carbons (Fsp3) is 0.583. The van der Waals surface area contributed by atoms with Crippen molar-refractivity contribution in [1.29, 1.82) is 0 Å². The first-order chi connectivity index (χ1) is 16.0. The molecule has 4 fully saturated rings. The average Bonchev–Trinajstić information content (AvgIpc) is 3.54. The van der Waals surface area contributed by atoms with Crippen LogP contribution in [-0.2, 0) is 19.9 Å². The monoisotopic (exact) mass is 471 g/mol. The molecule has 2 aromatic heterocycles. The second-order valence-electron chi connectivity index (χ2n) is 9.77. The van der Waals surface area contributed by atoms with Gasteiger partial charge in [0, 0.05) is 41.9 Å². The number of nitrogens with one attached hydrogen (secondary N) is 1. The van der Waals surface area contributed by atoms with Crippen molar-refractivity contribution in [2.75, 3.05) is 31.5 Å². The maximum Gasteiger partial charge on any atom is 0.344 e. The van der Waals surface area contributed by atoms with Crippen LogP contribution in [-0.4, -0.2) is 63.7 Å². The van der Waals surface area contributed by atoms with Crippen LogP contribution in [0.2, 0.25) is 0 Å². The Morgan fingerprint density at radius 2 is 2.00 bits per heavy atom. The number of rotatable bonds is 7. The van der Waals surface area contributed by atoms with E-state index in [9.17, 15) is 14.7 Å². The Hall–Kier alpha value is -2.36. The number of ether oxygens (including phenoxy) is 1. The molecule has 1 unspecified atom stereocenters. The molecular weight excluding hydrogens is 440 g/mol. The third-order valence-corrected chi connectivity index (χ3v) is 8.76. The van der Waals surface area contributed by atoms with Crippen LogP contribution in [0.25, 0.3) is 0 Å². The molecule has 2 N–H and O–H groups in total. The summed E-state index contributed by atoms with van der Waals surface area (Å²) < 4.78 is 6.70. The van der Waals surface area contributed by atoms with Gasteiger partial charge in [-0.25, -0.2) is 9.78 Å². The summed E-state index contributed by atoms with van der Waals surface area (Å²) in [6.45, 7) is 2.71. The van der Waals surface area contributed by atoms with Gasteiger partial charge in [0.2, 0.25) is 0 Å². The molecule has 3 saturated heterocycles. The van der Waals surface area contributed by atoms with Crippen LogP contribution in [0.5, 0.6) is 0 Å². The highest BCUT2D eigenvalue weighted by molar-refractivity contribution is 7.10. The lowest BCUT2D eigenvalue weighted by molar-refractivity contribution is -0.939. The number of thiophene rings is 1. The Morgan fingerprint density at radius 1 is 1.21 bits per heavy atom. The fourth-order valence-corrected chi connectivity index (χ4v) is 6.85. The molecule has 2 atom stereocenters. The number of fused-ring (bicyclic) bond motifs is 3. The zero-order valence-electron chi connectivity index (χ0n) is 18.7. The Labute approximate surface area is 197 Å². The highest BCUT2D eigenvalue weighted by atomic mass is 32.1. The quantitative estimate of drug-likeness (QED) is 0.476. The van der Waals surface area contributed by atoms with Gasteiger partial charge in [-0.1, -0.05) is 18.9 Å². The first kappa shape index (κ1) is 22.4. The van der Waals surface area contributed by atoms with Gasteiger partial charge in [0.1, 0.15) is 6.54 Å². The van der Waals surface area contributed by atoms with Gasteiger partial charge in [-0.2, -0.15) is 0 Å². The molecule has 5 heterocycles. The van der Waals surface area contributed by atoms with E-state index in [0.717, 1.165) is 51.6 Å². The second kappa shape index (κ2) is 9.12. The molecule has 9 heteroatoms. The lowest BCUT2D eigenvalue weighted by Crippen LogP contribution is -2.66. The summed E-state index contributed by atoms with van der Waals surface area (Å²) in [6.07, 6.45) is 9.90. The Balaban J connectivity index is 1.28. The molecule has 6 rings (SSSR count). The summed E-state index contributed by atoms with van der Waals surface area (Å²) in [5, 5.41) is 16.4. The van der Waals surface area contributed by atoms with Crippen molar-refractivity contribution in [3.8, 4) is 0 Å². The lowest BCUT2D eigenvalue weighted by Gasteiger charge is -2.51. The molecule has 3 aliphatic heterocycles. The van der Waals surface area contributed by atoms with Crippen LogP contribution < -0.4 is 5.32 Å². The normalized spacial score (nSPS) is 28.9. The van der Waals surface area contributed by atoms with Crippen molar-refractivity contribution >= 4 is 29.0 Å². The molecule has 2 bridgehead atoms. The molecule has 33 heavy (non-hydrogen) atoms. The van der Waals surface area contributed by atoms with E-state index in [2.05, 4.69) is 15.3 Å². The minimum Gasteiger partial charge on any atom is -0.454 e. The van der Waals surface area contributed by atoms with Gasteiger partial charge in [-0.3, -0.25) is 9.78 Å². The Morgan fingerprint density at radius 3 is 2.67 bits per heavy atom. The SMILES string of the molecule is O=C(C[N+]12CCC(CC1)[C@@H](OC(=O)C(O)(c1cccs1)C1CCCC1)C2)Nc1cnccn1. The number of carbonyl (C=O) groups excluding carboxylic acids is 2. The van der Waals surface area contributed by atoms with Crippen LogP contribution in [0.4, 0.5) is 5.82 Å². The standard InChI is InChI=1S/C24H30N4O4S/c29-22(27-21-14-25-9-10-26-21)16-28-11-7-17(8-12-28)19(15-28)32-23(30)24(31,18-4-1-2-5-18)20-6-3-13-33-20/h3,6,9-10,13-14,17-19,31H,1-2,4-5,7-8,11-12,15-16H2/p+1/t17?,19-,24?,28?/m0/s1. The topological polar surface area (TPSA) is 101 Å². The molecule has 8 nitrogen and oxygen atoms in total. The molecule has 176 valence electrons. The molecule has 4 aliphatic rings. The minimum atomic E-state index is -1.58. The molecule has 1 aliphatic carbocycles. The predicted molar refractivity (Wildman–Crippen MR) is 123 cm³/mol. The molecule has 0 spiro atoms. The van der Waals surface area contributed by atoms with E-state index in [1.54, 1.807) is 12.4 Å². The summed E-state index contributed by atoms with van der Waals surface area (Å²) in [4.78, 5) is 35.0. The number of aliphatic hydroxyl groups is 1. The number of aromatic nitrogens is 2. The Kier molecular flexibility index (Phi) is 6.20. The maximum atomic E-state index is 13.5. The van der Waals surface area contributed by atoms with E-state index >= 15 is 0 Å². The van der Waals surface area contributed by atoms with Crippen molar-refractivity contribution < 1.29 is 23.9 Å². The number of piperidine rings is 3. The smallest absolute Gasteiger partial charge is 0.344 e. The first-order valence-electron chi connectivity index (χ1n) is 11.9.